The monoisotopic (exact) mass is 320 g/mol. The molecule has 0 aliphatic heterocycles. The smallest absolute Gasteiger partial charge is 0.170 e. The Labute approximate surface area is 135 Å². The summed E-state index contributed by atoms with van der Waals surface area (Å²) in [6, 6.07) is 6.46. The number of hydrogen-bond acceptors (Lipinski definition) is 2. The van der Waals surface area contributed by atoms with Crippen molar-refractivity contribution in [1.29, 1.82) is 0 Å². The molecule has 0 spiro atoms. The summed E-state index contributed by atoms with van der Waals surface area (Å²) in [4.78, 5) is 0. The first kappa shape index (κ1) is 16.4. The average molecular weight is 320 g/mol. The molecular formula is C16H21FN4S. The lowest BCUT2D eigenvalue weighted by atomic mass is 10.2. The van der Waals surface area contributed by atoms with Gasteiger partial charge in [-0.15, -0.1) is 0 Å². The standard InChI is InChI=1S/C16H21FN4S/c1-4-9-18-16(22)19-15-11(2)20-21(12(15)3)10-13-5-7-14(17)8-6-13/h5-8H,4,9-10H2,1-3H3,(H2,18,19,22). The number of rotatable bonds is 5. The Morgan fingerprint density at radius 3 is 2.59 bits per heavy atom. The van der Waals surface area contributed by atoms with Crippen LogP contribution in [0.2, 0.25) is 0 Å². The zero-order valence-electron chi connectivity index (χ0n) is 13.1. The Morgan fingerprint density at radius 1 is 1.27 bits per heavy atom. The second-order valence-electron chi connectivity index (χ2n) is 5.21. The summed E-state index contributed by atoms with van der Waals surface area (Å²) < 4.78 is 14.9. The molecule has 0 atom stereocenters. The predicted molar refractivity (Wildman–Crippen MR) is 91.7 cm³/mol. The van der Waals surface area contributed by atoms with Crippen molar-refractivity contribution < 1.29 is 4.39 Å². The Morgan fingerprint density at radius 2 is 1.95 bits per heavy atom. The lowest BCUT2D eigenvalue weighted by molar-refractivity contribution is 0.622. The molecule has 0 saturated carbocycles. The molecule has 0 fully saturated rings. The van der Waals surface area contributed by atoms with Crippen molar-refractivity contribution >= 4 is 23.0 Å². The molecule has 6 heteroatoms. The Bertz CT molecular complexity index is 649. The third-order valence-electron chi connectivity index (χ3n) is 3.40. The Kier molecular flexibility index (Phi) is 5.49. The van der Waals surface area contributed by atoms with E-state index in [4.69, 9.17) is 12.2 Å². The molecule has 118 valence electrons. The van der Waals surface area contributed by atoms with Crippen molar-refractivity contribution in [2.24, 2.45) is 0 Å². The molecule has 0 amide bonds. The molecule has 1 heterocycles. The van der Waals surface area contributed by atoms with Crippen LogP contribution in [0.1, 0.15) is 30.3 Å². The van der Waals surface area contributed by atoms with Crippen molar-refractivity contribution in [2.45, 2.75) is 33.7 Å². The SMILES string of the molecule is CCCNC(=S)Nc1c(C)nn(Cc2ccc(F)cc2)c1C. The van der Waals surface area contributed by atoms with Crippen molar-refractivity contribution in [1.82, 2.24) is 15.1 Å². The van der Waals surface area contributed by atoms with Crippen LogP contribution in [0.3, 0.4) is 0 Å². The van der Waals surface area contributed by atoms with Gasteiger partial charge in [0, 0.05) is 6.54 Å². The number of anilines is 1. The number of thiocarbonyl (C=S) groups is 1. The van der Waals surface area contributed by atoms with Crippen LogP contribution >= 0.6 is 12.2 Å². The molecular weight excluding hydrogens is 299 g/mol. The van der Waals surface area contributed by atoms with Gasteiger partial charge in [0.05, 0.1) is 23.6 Å². The van der Waals surface area contributed by atoms with E-state index in [0.717, 1.165) is 35.6 Å². The fourth-order valence-corrected chi connectivity index (χ4v) is 2.39. The number of aryl methyl sites for hydroxylation is 1. The minimum atomic E-state index is -0.230. The van der Waals surface area contributed by atoms with Crippen molar-refractivity contribution in [3.8, 4) is 0 Å². The molecule has 1 aromatic heterocycles. The number of benzene rings is 1. The lowest BCUT2D eigenvalue weighted by Gasteiger charge is -2.10. The van der Waals surface area contributed by atoms with Crippen LogP contribution in [0, 0.1) is 19.7 Å². The van der Waals surface area contributed by atoms with E-state index < -0.39 is 0 Å². The summed E-state index contributed by atoms with van der Waals surface area (Å²) in [5, 5.41) is 11.5. The van der Waals surface area contributed by atoms with E-state index in [1.165, 1.54) is 12.1 Å². The maximum absolute atomic E-state index is 13.0. The average Bonchev–Trinajstić information content (AvgIpc) is 2.75. The predicted octanol–water partition coefficient (Wildman–Crippen LogP) is 3.38. The zero-order valence-corrected chi connectivity index (χ0v) is 13.9. The first-order chi connectivity index (χ1) is 10.5. The summed E-state index contributed by atoms with van der Waals surface area (Å²) in [5.74, 6) is -0.230. The van der Waals surface area contributed by atoms with Crippen LogP contribution in [-0.2, 0) is 6.54 Å². The number of nitrogens with zero attached hydrogens (tertiary/aromatic N) is 2. The van der Waals surface area contributed by atoms with Crippen LogP contribution in [-0.4, -0.2) is 21.4 Å². The maximum Gasteiger partial charge on any atom is 0.170 e. The minimum absolute atomic E-state index is 0.230. The van der Waals surface area contributed by atoms with E-state index in [-0.39, 0.29) is 5.82 Å². The second-order valence-corrected chi connectivity index (χ2v) is 5.62. The molecule has 1 aromatic carbocycles. The van der Waals surface area contributed by atoms with Crippen LogP contribution in [0.5, 0.6) is 0 Å². The second kappa shape index (κ2) is 7.35. The van der Waals surface area contributed by atoms with E-state index in [1.807, 2.05) is 18.5 Å². The van der Waals surface area contributed by atoms with E-state index in [1.54, 1.807) is 12.1 Å². The van der Waals surface area contributed by atoms with Crippen LogP contribution in [0.15, 0.2) is 24.3 Å². The van der Waals surface area contributed by atoms with Gasteiger partial charge in [0.1, 0.15) is 5.82 Å². The Hall–Kier alpha value is -1.95. The van der Waals surface area contributed by atoms with Gasteiger partial charge in [-0.1, -0.05) is 19.1 Å². The van der Waals surface area contributed by atoms with E-state index in [2.05, 4.69) is 22.7 Å². The molecule has 0 unspecified atom stereocenters. The van der Waals surface area contributed by atoms with Crippen LogP contribution < -0.4 is 10.6 Å². The van der Waals surface area contributed by atoms with Crippen molar-refractivity contribution in [3.05, 3.63) is 47.0 Å². The van der Waals surface area contributed by atoms with Gasteiger partial charge >= 0.3 is 0 Å². The molecule has 4 nitrogen and oxygen atoms in total. The van der Waals surface area contributed by atoms with Gasteiger partial charge in [0.25, 0.3) is 0 Å². The maximum atomic E-state index is 13.0. The van der Waals surface area contributed by atoms with Gasteiger partial charge in [-0.2, -0.15) is 5.10 Å². The highest BCUT2D eigenvalue weighted by molar-refractivity contribution is 7.80. The first-order valence-electron chi connectivity index (χ1n) is 7.34. The van der Waals surface area contributed by atoms with Gasteiger partial charge in [0.2, 0.25) is 0 Å². The van der Waals surface area contributed by atoms with E-state index in [0.29, 0.717) is 11.7 Å². The van der Waals surface area contributed by atoms with Crippen LogP contribution in [0.25, 0.3) is 0 Å². The number of nitrogens with one attached hydrogen (secondary N) is 2. The summed E-state index contributed by atoms with van der Waals surface area (Å²) >= 11 is 5.27. The summed E-state index contributed by atoms with van der Waals surface area (Å²) in [6.45, 7) is 7.47. The van der Waals surface area contributed by atoms with E-state index >= 15 is 0 Å². The van der Waals surface area contributed by atoms with E-state index in [9.17, 15) is 4.39 Å². The van der Waals surface area contributed by atoms with Gasteiger partial charge in [-0.25, -0.2) is 4.39 Å². The normalized spacial score (nSPS) is 10.5. The third-order valence-corrected chi connectivity index (χ3v) is 3.65. The molecule has 2 N–H and O–H groups in total. The molecule has 0 radical (unpaired) electrons. The van der Waals surface area contributed by atoms with Crippen LogP contribution in [0.4, 0.5) is 10.1 Å². The summed E-state index contributed by atoms with van der Waals surface area (Å²) in [6.07, 6.45) is 1.02. The molecule has 0 bridgehead atoms. The summed E-state index contributed by atoms with van der Waals surface area (Å²) in [5.41, 5.74) is 3.82. The molecule has 0 aliphatic carbocycles. The van der Waals surface area contributed by atoms with Gasteiger partial charge in [-0.05, 0) is 50.2 Å². The number of hydrogen-bond donors (Lipinski definition) is 2. The molecule has 0 aliphatic rings. The van der Waals surface area contributed by atoms with Gasteiger partial charge in [-0.3, -0.25) is 4.68 Å². The fourth-order valence-electron chi connectivity index (χ4n) is 2.19. The van der Waals surface area contributed by atoms with Crippen molar-refractivity contribution in [3.63, 3.8) is 0 Å². The largest absolute Gasteiger partial charge is 0.362 e. The molecule has 22 heavy (non-hydrogen) atoms. The number of aromatic nitrogens is 2. The van der Waals surface area contributed by atoms with Gasteiger partial charge in [0.15, 0.2) is 5.11 Å². The highest BCUT2D eigenvalue weighted by atomic mass is 32.1. The third kappa shape index (κ3) is 4.04. The summed E-state index contributed by atoms with van der Waals surface area (Å²) in [7, 11) is 0. The molecule has 2 aromatic rings. The Balaban J connectivity index is 2.12. The number of halogens is 1. The highest BCUT2D eigenvalue weighted by Crippen LogP contribution is 2.20. The molecule has 0 saturated heterocycles. The van der Waals surface area contributed by atoms with Gasteiger partial charge < -0.3 is 10.6 Å². The quantitative estimate of drug-likeness (QED) is 0.829. The first-order valence-corrected chi connectivity index (χ1v) is 7.75. The molecule has 2 rings (SSSR count). The topological polar surface area (TPSA) is 41.9 Å². The fraction of sp³-hybridized carbons (Fsp3) is 0.375. The highest BCUT2D eigenvalue weighted by Gasteiger charge is 2.12. The lowest BCUT2D eigenvalue weighted by Crippen LogP contribution is -2.29. The zero-order chi connectivity index (χ0) is 16.1. The van der Waals surface area contributed by atoms with Crippen molar-refractivity contribution in [2.75, 3.05) is 11.9 Å². The minimum Gasteiger partial charge on any atom is -0.362 e.